The fourth-order valence-electron chi connectivity index (χ4n) is 5.58. The molecular weight excluding hydrogens is 400 g/mol. The number of rotatable bonds is 5. The standard InChI is InChI=1S/C23H24N2O4S/c1-15-8-10-17(11-9-15)30(27,28)24-21-23(22(26)29-2)18-12-13-19(20(18)23)25(21)14-16-6-4-3-5-7-16/h3-11,18-20H,12-14H2,1-2H3/b24-21+/t18-,19+,20-,23+/m1/s1. The number of nitrogens with zero attached hydrogens (tertiary/aromatic N) is 2. The van der Waals surface area contributed by atoms with E-state index >= 15 is 0 Å². The smallest absolute Gasteiger partial charge is 0.320 e. The van der Waals surface area contributed by atoms with Gasteiger partial charge in [0.1, 0.15) is 11.3 Å². The average Bonchev–Trinajstić information content (AvgIpc) is 3.11. The van der Waals surface area contributed by atoms with Gasteiger partial charge in [-0.25, -0.2) is 0 Å². The van der Waals surface area contributed by atoms with Gasteiger partial charge in [-0.05, 0) is 43.4 Å². The third-order valence-electron chi connectivity index (χ3n) is 6.91. The molecule has 0 bridgehead atoms. The van der Waals surface area contributed by atoms with Crippen LogP contribution in [0.5, 0.6) is 0 Å². The summed E-state index contributed by atoms with van der Waals surface area (Å²) in [4.78, 5) is 15.1. The monoisotopic (exact) mass is 424 g/mol. The summed E-state index contributed by atoms with van der Waals surface area (Å²) in [6, 6.07) is 16.6. The predicted octanol–water partition coefficient (Wildman–Crippen LogP) is 3.17. The van der Waals surface area contributed by atoms with Crippen LogP contribution in [0.15, 0.2) is 63.9 Å². The van der Waals surface area contributed by atoms with E-state index in [1.54, 1.807) is 24.3 Å². The number of hydrogen-bond acceptors (Lipinski definition) is 4. The van der Waals surface area contributed by atoms with Gasteiger partial charge in [0.2, 0.25) is 0 Å². The molecule has 0 N–H and O–H groups in total. The van der Waals surface area contributed by atoms with Crippen LogP contribution in [0.25, 0.3) is 0 Å². The minimum absolute atomic E-state index is 0.0839. The van der Waals surface area contributed by atoms with E-state index in [2.05, 4.69) is 4.40 Å². The summed E-state index contributed by atoms with van der Waals surface area (Å²) in [5.41, 5.74) is 1.10. The number of aryl methyl sites for hydroxylation is 1. The van der Waals surface area contributed by atoms with E-state index in [-0.39, 0.29) is 28.7 Å². The number of esters is 1. The van der Waals surface area contributed by atoms with Gasteiger partial charge in [0.15, 0.2) is 0 Å². The van der Waals surface area contributed by atoms with Gasteiger partial charge >= 0.3 is 5.97 Å². The molecule has 2 aromatic carbocycles. The Morgan fingerprint density at radius 2 is 1.83 bits per heavy atom. The lowest BCUT2D eigenvalue weighted by atomic mass is 9.97. The number of hydrogen-bond donors (Lipinski definition) is 0. The molecule has 3 aliphatic rings. The minimum atomic E-state index is -3.95. The van der Waals surface area contributed by atoms with Crippen LogP contribution in [-0.2, 0) is 26.1 Å². The summed E-state index contributed by atoms with van der Waals surface area (Å²) >= 11 is 0. The summed E-state index contributed by atoms with van der Waals surface area (Å²) in [5.74, 6) is 0.196. The molecular formula is C23H24N2O4S. The normalized spacial score (nSPS) is 30.4. The van der Waals surface area contributed by atoms with Crippen LogP contribution in [0.4, 0.5) is 0 Å². The second-order valence-electron chi connectivity index (χ2n) is 8.45. The lowest BCUT2D eigenvalue weighted by molar-refractivity contribution is -0.145. The number of ether oxygens (including phenoxy) is 1. The highest BCUT2D eigenvalue weighted by atomic mass is 32.2. The van der Waals surface area contributed by atoms with Crippen LogP contribution in [0.2, 0.25) is 0 Å². The molecule has 156 valence electrons. The van der Waals surface area contributed by atoms with Crippen LogP contribution in [0, 0.1) is 24.2 Å². The fourth-order valence-corrected chi connectivity index (χ4v) is 6.65. The van der Waals surface area contributed by atoms with E-state index in [4.69, 9.17) is 4.74 Å². The molecule has 0 unspecified atom stereocenters. The lowest BCUT2D eigenvalue weighted by Crippen LogP contribution is -2.39. The van der Waals surface area contributed by atoms with Crippen LogP contribution < -0.4 is 0 Å². The van der Waals surface area contributed by atoms with Crippen LogP contribution in [0.1, 0.15) is 24.0 Å². The number of carbonyl (C=O) groups is 1. The molecule has 5 rings (SSSR count). The zero-order valence-corrected chi connectivity index (χ0v) is 17.8. The van der Waals surface area contributed by atoms with Crippen molar-refractivity contribution in [3.8, 4) is 0 Å². The topological polar surface area (TPSA) is 76.0 Å². The number of sulfonamides is 1. The van der Waals surface area contributed by atoms with E-state index in [0.29, 0.717) is 12.4 Å². The molecule has 2 saturated carbocycles. The number of carbonyl (C=O) groups excluding carboxylic acids is 1. The van der Waals surface area contributed by atoms with E-state index < -0.39 is 15.4 Å². The van der Waals surface area contributed by atoms with E-state index in [9.17, 15) is 13.2 Å². The van der Waals surface area contributed by atoms with Gasteiger partial charge in [-0.2, -0.15) is 8.42 Å². The van der Waals surface area contributed by atoms with Crippen molar-refractivity contribution in [2.24, 2.45) is 21.6 Å². The maximum Gasteiger partial charge on any atom is 0.320 e. The maximum absolute atomic E-state index is 13.2. The first-order valence-corrected chi connectivity index (χ1v) is 11.6. The van der Waals surface area contributed by atoms with E-state index in [1.165, 1.54) is 7.11 Å². The second-order valence-corrected chi connectivity index (χ2v) is 10.1. The minimum Gasteiger partial charge on any atom is -0.468 e. The van der Waals surface area contributed by atoms with E-state index in [1.807, 2.05) is 42.2 Å². The first kappa shape index (κ1) is 19.3. The molecule has 3 fully saturated rings. The highest BCUT2D eigenvalue weighted by molar-refractivity contribution is 7.90. The number of methoxy groups -OCH3 is 1. The molecule has 1 saturated heterocycles. The van der Waals surface area contributed by atoms with Crippen LogP contribution in [-0.4, -0.2) is 38.3 Å². The van der Waals surface area contributed by atoms with Crippen LogP contribution >= 0.6 is 0 Å². The van der Waals surface area contributed by atoms with Crippen molar-refractivity contribution in [1.29, 1.82) is 0 Å². The fraction of sp³-hybridized carbons (Fsp3) is 0.391. The predicted molar refractivity (Wildman–Crippen MR) is 112 cm³/mol. The summed E-state index contributed by atoms with van der Waals surface area (Å²) < 4.78 is 35.8. The first-order chi connectivity index (χ1) is 14.4. The molecule has 2 aromatic rings. The van der Waals surface area contributed by atoms with Crippen molar-refractivity contribution in [3.63, 3.8) is 0 Å². The number of amidine groups is 1. The highest BCUT2D eigenvalue weighted by Crippen LogP contribution is 2.74. The highest BCUT2D eigenvalue weighted by Gasteiger charge is 2.83. The molecule has 0 amide bonds. The third kappa shape index (κ3) is 2.64. The zero-order valence-electron chi connectivity index (χ0n) is 17.0. The van der Waals surface area contributed by atoms with Gasteiger partial charge in [0.05, 0.1) is 12.0 Å². The number of fused-ring (bicyclic) bond motifs is 1. The van der Waals surface area contributed by atoms with Gasteiger partial charge in [0, 0.05) is 18.5 Å². The van der Waals surface area contributed by atoms with Crippen molar-refractivity contribution in [3.05, 3.63) is 65.7 Å². The Morgan fingerprint density at radius 3 is 2.50 bits per heavy atom. The summed E-state index contributed by atoms with van der Waals surface area (Å²) in [7, 11) is -2.59. The van der Waals surface area contributed by atoms with Crippen molar-refractivity contribution in [2.75, 3.05) is 7.11 Å². The molecule has 2 aliphatic carbocycles. The molecule has 0 aromatic heterocycles. The van der Waals surface area contributed by atoms with Crippen molar-refractivity contribution < 1.29 is 17.9 Å². The number of piperidine rings is 1. The number of likely N-dealkylation sites (tertiary alicyclic amines) is 1. The Kier molecular flexibility index (Phi) is 4.29. The lowest BCUT2D eigenvalue weighted by Gasteiger charge is -2.28. The van der Waals surface area contributed by atoms with Gasteiger partial charge in [-0.15, -0.1) is 4.40 Å². The van der Waals surface area contributed by atoms with Crippen molar-refractivity contribution in [2.45, 2.75) is 37.2 Å². The summed E-state index contributed by atoms with van der Waals surface area (Å²) in [6.45, 7) is 2.43. The molecule has 0 spiro atoms. The maximum atomic E-state index is 13.2. The summed E-state index contributed by atoms with van der Waals surface area (Å²) in [6.07, 6.45) is 1.82. The molecule has 6 nitrogen and oxygen atoms in total. The SMILES string of the molecule is COC(=O)[C@@]12/C(=N\S(=O)(=O)c3ccc(C)cc3)N(Cc3ccccc3)[C@H]3CC[C@@H]1[C@H]32. The average molecular weight is 425 g/mol. The zero-order chi connectivity index (χ0) is 21.1. The second kappa shape index (κ2) is 6.67. The molecule has 7 heteroatoms. The molecule has 4 atom stereocenters. The van der Waals surface area contributed by atoms with Gasteiger partial charge in [-0.1, -0.05) is 48.0 Å². The van der Waals surface area contributed by atoms with Gasteiger partial charge in [-0.3, -0.25) is 4.79 Å². The Hall–Kier alpha value is -2.67. The number of benzene rings is 2. The molecule has 30 heavy (non-hydrogen) atoms. The summed E-state index contributed by atoms with van der Waals surface area (Å²) in [5, 5.41) is 0. The Bertz CT molecular complexity index is 1130. The quantitative estimate of drug-likeness (QED) is 0.689. The largest absolute Gasteiger partial charge is 0.468 e. The Morgan fingerprint density at radius 1 is 1.13 bits per heavy atom. The molecule has 0 radical (unpaired) electrons. The Balaban J connectivity index is 1.62. The van der Waals surface area contributed by atoms with Gasteiger partial charge < -0.3 is 9.64 Å². The third-order valence-corrected chi connectivity index (χ3v) is 8.19. The van der Waals surface area contributed by atoms with Crippen molar-refractivity contribution >= 4 is 21.8 Å². The van der Waals surface area contributed by atoms with Crippen LogP contribution in [0.3, 0.4) is 0 Å². The van der Waals surface area contributed by atoms with Gasteiger partial charge in [0.25, 0.3) is 10.0 Å². The van der Waals surface area contributed by atoms with E-state index in [0.717, 1.165) is 24.0 Å². The molecule has 1 aliphatic heterocycles. The Labute approximate surface area is 176 Å². The van der Waals surface area contributed by atoms with Crippen molar-refractivity contribution in [1.82, 2.24) is 4.90 Å². The first-order valence-electron chi connectivity index (χ1n) is 10.2. The molecule has 1 heterocycles.